The lowest BCUT2D eigenvalue weighted by molar-refractivity contribution is 0.0601. The average molecular weight is 340 g/mol. The molecule has 0 atom stereocenters. The number of rotatable bonds is 8. The van der Waals surface area contributed by atoms with Crippen LogP contribution in [-0.4, -0.2) is 43.2 Å². The molecule has 0 N–H and O–H groups in total. The quantitative estimate of drug-likeness (QED) is 0.544. The number of hydrogen-bond donors (Lipinski definition) is 0. The predicted molar refractivity (Wildman–Crippen MR) is 100 cm³/mol. The van der Waals surface area contributed by atoms with Crippen molar-refractivity contribution in [3.05, 3.63) is 60.2 Å². The second-order valence-corrected chi connectivity index (χ2v) is 5.72. The van der Waals surface area contributed by atoms with Crippen LogP contribution < -0.4 is 4.74 Å². The van der Waals surface area contributed by atoms with Gasteiger partial charge < -0.3 is 9.47 Å². The first-order chi connectivity index (χ1) is 12.0. The molecule has 0 bridgehead atoms. The number of hydrogen-bond acceptors (Lipinski definition) is 5. The molecule has 1 aromatic carbocycles. The highest BCUT2D eigenvalue weighted by molar-refractivity contribution is 5.95. The number of pyridine rings is 1. The van der Waals surface area contributed by atoms with Gasteiger partial charge in [0.1, 0.15) is 0 Å². The second-order valence-electron chi connectivity index (χ2n) is 5.72. The van der Waals surface area contributed by atoms with Gasteiger partial charge in [0.15, 0.2) is 0 Å². The molecule has 5 nitrogen and oxygen atoms in total. The summed E-state index contributed by atoms with van der Waals surface area (Å²) in [6.45, 7) is 11.7. The Morgan fingerprint density at radius 3 is 2.48 bits per heavy atom. The summed E-state index contributed by atoms with van der Waals surface area (Å²) in [5.74, 6) is 0.229. The fourth-order valence-corrected chi connectivity index (χ4v) is 2.83. The summed E-state index contributed by atoms with van der Waals surface area (Å²) in [5, 5.41) is 0.913. The standard InChI is InChI=1S/C20H24N2O3/c1-6-10-22(11-7-2)13-17-14(3)16-12-15(20(23)25-5)8-9-18(16)21-19(17)24-4/h6-9,12H,1-2,10-11,13H2,3-5H3. The van der Waals surface area contributed by atoms with Crippen molar-refractivity contribution in [1.29, 1.82) is 0 Å². The highest BCUT2D eigenvalue weighted by atomic mass is 16.5. The molecule has 1 heterocycles. The number of fused-ring (bicyclic) bond motifs is 1. The smallest absolute Gasteiger partial charge is 0.337 e. The molecule has 0 aliphatic heterocycles. The van der Waals surface area contributed by atoms with Crippen molar-refractivity contribution < 1.29 is 14.3 Å². The molecular formula is C20H24N2O3. The first kappa shape index (κ1) is 18.7. The maximum atomic E-state index is 11.8. The van der Waals surface area contributed by atoms with Gasteiger partial charge in [-0.25, -0.2) is 9.78 Å². The summed E-state index contributed by atoms with van der Waals surface area (Å²) in [5.41, 5.74) is 3.31. The van der Waals surface area contributed by atoms with E-state index in [0.717, 1.165) is 35.1 Å². The van der Waals surface area contributed by atoms with Gasteiger partial charge in [-0.05, 0) is 30.7 Å². The summed E-state index contributed by atoms with van der Waals surface area (Å²) in [4.78, 5) is 18.6. The molecule has 0 spiro atoms. The summed E-state index contributed by atoms with van der Waals surface area (Å²) < 4.78 is 10.3. The summed E-state index contributed by atoms with van der Waals surface area (Å²) in [6, 6.07) is 5.34. The van der Waals surface area contributed by atoms with E-state index in [1.807, 2.05) is 31.2 Å². The van der Waals surface area contributed by atoms with Crippen LogP contribution in [0.2, 0.25) is 0 Å². The lowest BCUT2D eigenvalue weighted by Gasteiger charge is -2.22. The molecule has 0 aliphatic rings. The lowest BCUT2D eigenvalue weighted by Crippen LogP contribution is -2.24. The molecular weight excluding hydrogens is 316 g/mol. The van der Waals surface area contributed by atoms with Crippen LogP contribution in [0.25, 0.3) is 10.9 Å². The number of esters is 1. The van der Waals surface area contributed by atoms with E-state index in [0.29, 0.717) is 18.0 Å². The molecule has 2 rings (SSSR count). The minimum Gasteiger partial charge on any atom is -0.481 e. The van der Waals surface area contributed by atoms with Gasteiger partial charge in [0.2, 0.25) is 5.88 Å². The van der Waals surface area contributed by atoms with E-state index in [4.69, 9.17) is 9.47 Å². The Labute approximate surface area is 148 Å². The van der Waals surface area contributed by atoms with Gasteiger partial charge >= 0.3 is 5.97 Å². The first-order valence-electron chi connectivity index (χ1n) is 8.05. The number of aromatic nitrogens is 1. The van der Waals surface area contributed by atoms with Crippen LogP contribution in [0.15, 0.2) is 43.5 Å². The van der Waals surface area contributed by atoms with Crippen molar-refractivity contribution in [3.63, 3.8) is 0 Å². The van der Waals surface area contributed by atoms with Crippen molar-refractivity contribution in [2.75, 3.05) is 27.3 Å². The molecule has 0 radical (unpaired) electrons. The van der Waals surface area contributed by atoms with E-state index < -0.39 is 0 Å². The minimum atomic E-state index is -0.362. The molecule has 1 aromatic heterocycles. The van der Waals surface area contributed by atoms with Crippen LogP contribution in [-0.2, 0) is 11.3 Å². The largest absolute Gasteiger partial charge is 0.481 e. The Hall–Kier alpha value is -2.66. The number of carbonyl (C=O) groups excluding carboxylic acids is 1. The summed E-state index contributed by atoms with van der Waals surface area (Å²) in [7, 11) is 2.99. The van der Waals surface area contributed by atoms with Gasteiger partial charge in [0.05, 0.1) is 25.3 Å². The fourth-order valence-electron chi connectivity index (χ4n) is 2.83. The van der Waals surface area contributed by atoms with Gasteiger partial charge in [-0.3, -0.25) is 4.90 Å². The van der Waals surface area contributed by atoms with Crippen LogP contribution in [0.4, 0.5) is 0 Å². The van der Waals surface area contributed by atoms with Crippen molar-refractivity contribution in [2.45, 2.75) is 13.5 Å². The van der Waals surface area contributed by atoms with Crippen molar-refractivity contribution in [3.8, 4) is 5.88 Å². The van der Waals surface area contributed by atoms with Crippen LogP contribution >= 0.6 is 0 Å². The minimum absolute atomic E-state index is 0.362. The zero-order valence-corrected chi connectivity index (χ0v) is 15.0. The van der Waals surface area contributed by atoms with Crippen LogP contribution in [0.5, 0.6) is 5.88 Å². The van der Waals surface area contributed by atoms with E-state index >= 15 is 0 Å². The monoisotopic (exact) mass is 340 g/mol. The number of ether oxygens (including phenoxy) is 2. The normalized spacial score (nSPS) is 10.7. The highest BCUT2D eigenvalue weighted by Crippen LogP contribution is 2.29. The zero-order valence-electron chi connectivity index (χ0n) is 15.0. The Morgan fingerprint density at radius 2 is 1.92 bits per heavy atom. The first-order valence-corrected chi connectivity index (χ1v) is 8.05. The van der Waals surface area contributed by atoms with Crippen molar-refractivity contribution in [1.82, 2.24) is 9.88 Å². The van der Waals surface area contributed by atoms with Crippen molar-refractivity contribution >= 4 is 16.9 Å². The van der Waals surface area contributed by atoms with Crippen molar-refractivity contribution in [2.24, 2.45) is 0 Å². The van der Waals surface area contributed by atoms with Gasteiger partial charge in [0.25, 0.3) is 0 Å². The summed E-state index contributed by atoms with van der Waals surface area (Å²) >= 11 is 0. The Kier molecular flexibility index (Phi) is 6.31. The highest BCUT2D eigenvalue weighted by Gasteiger charge is 2.17. The molecule has 25 heavy (non-hydrogen) atoms. The van der Waals surface area contributed by atoms with Gasteiger partial charge in [-0.1, -0.05) is 12.2 Å². The fraction of sp³-hybridized carbons (Fsp3) is 0.300. The molecule has 0 saturated heterocycles. The number of nitrogens with zero attached hydrogens (tertiary/aromatic N) is 2. The van der Waals surface area contributed by atoms with Crippen LogP contribution in [0.1, 0.15) is 21.5 Å². The molecule has 0 saturated carbocycles. The van der Waals surface area contributed by atoms with Gasteiger partial charge in [0, 0.05) is 30.6 Å². The molecule has 0 amide bonds. The van der Waals surface area contributed by atoms with Gasteiger partial charge in [-0.2, -0.15) is 0 Å². The maximum absolute atomic E-state index is 11.8. The molecule has 5 heteroatoms. The number of carbonyl (C=O) groups is 1. The number of methoxy groups -OCH3 is 2. The average Bonchev–Trinajstić information content (AvgIpc) is 2.63. The maximum Gasteiger partial charge on any atom is 0.337 e. The van der Waals surface area contributed by atoms with Gasteiger partial charge in [-0.15, -0.1) is 13.2 Å². The van der Waals surface area contributed by atoms with Crippen LogP contribution in [0, 0.1) is 6.92 Å². The third-order valence-corrected chi connectivity index (χ3v) is 4.10. The van der Waals surface area contributed by atoms with E-state index in [2.05, 4.69) is 23.0 Å². The molecule has 0 unspecified atom stereocenters. The topological polar surface area (TPSA) is 51.7 Å². The Bertz CT molecular complexity index is 789. The number of benzene rings is 1. The summed E-state index contributed by atoms with van der Waals surface area (Å²) in [6.07, 6.45) is 3.71. The van der Waals surface area contributed by atoms with E-state index in [9.17, 15) is 4.79 Å². The molecule has 0 fully saturated rings. The van der Waals surface area contributed by atoms with E-state index in [1.165, 1.54) is 7.11 Å². The van der Waals surface area contributed by atoms with E-state index in [1.54, 1.807) is 13.2 Å². The molecule has 132 valence electrons. The Balaban J connectivity index is 2.56. The SMILES string of the molecule is C=CCN(CC=C)Cc1c(OC)nc2ccc(C(=O)OC)cc2c1C. The number of aryl methyl sites for hydroxylation is 1. The second kappa shape index (κ2) is 8.44. The molecule has 0 aliphatic carbocycles. The third-order valence-electron chi connectivity index (χ3n) is 4.10. The molecule has 2 aromatic rings. The predicted octanol–water partition coefficient (Wildman–Crippen LogP) is 3.51. The van der Waals surface area contributed by atoms with E-state index in [-0.39, 0.29) is 5.97 Å². The lowest BCUT2D eigenvalue weighted by atomic mass is 10.0. The Morgan fingerprint density at radius 1 is 1.24 bits per heavy atom. The third kappa shape index (κ3) is 4.06. The van der Waals surface area contributed by atoms with Crippen LogP contribution in [0.3, 0.4) is 0 Å². The zero-order chi connectivity index (χ0) is 18.4.